The number of ether oxygens (including phenoxy) is 1. The van der Waals surface area contributed by atoms with Crippen LogP contribution in [-0.4, -0.2) is 18.8 Å². The Labute approximate surface area is 92.8 Å². The van der Waals surface area contributed by atoms with E-state index in [4.69, 9.17) is 27.9 Å². The van der Waals surface area contributed by atoms with E-state index in [1.807, 2.05) is 0 Å². The summed E-state index contributed by atoms with van der Waals surface area (Å²) in [6, 6.07) is 3.31. The third-order valence-electron chi connectivity index (χ3n) is 1.98. The summed E-state index contributed by atoms with van der Waals surface area (Å²) in [6.45, 7) is 1.78. The summed E-state index contributed by atoms with van der Waals surface area (Å²) in [5, 5.41) is 0.512. The number of hydrogen-bond acceptors (Lipinski definition) is 2. The average molecular weight is 233 g/mol. The summed E-state index contributed by atoms with van der Waals surface area (Å²) < 4.78 is 5.01. The molecule has 1 aromatic carbocycles. The number of rotatable bonds is 3. The maximum absolute atomic E-state index is 11.4. The average Bonchev–Trinajstić information content (AvgIpc) is 2.20. The van der Waals surface area contributed by atoms with Crippen LogP contribution in [0.4, 0.5) is 0 Å². The summed E-state index contributed by atoms with van der Waals surface area (Å²) >= 11 is 11.4. The Kier molecular flexibility index (Phi) is 3.78. The van der Waals surface area contributed by atoms with Crippen LogP contribution in [-0.2, 0) is 0 Å². The molecule has 0 N–H and O–H groups in total. The minimum Gasteiger partial charge on any atom is -0.497 e. The molecule has 0 atom stereocenters. The second-order valence-corrected chi connectivity index (χ2v) is 3.51. The van der Waals surface area contributed by atoms with Gasteiger partial charge in [0.25, 0.3) is 0 Å². The first-order valence-corrected chi connectivity index (χ1v) is 4.94. The third-order valence-corrected chi connectivity index (χ3v) is 2.61. The fourth-order valence-corrected chi connectivity index (χ4v) is 1.49. The van der Waals surface area contributed by atoms with E-state index in [1.165, 1.54) is 7.11 Å². The predicted molar refractivity (Wildman–Crippen MR) is 57.8 cm³/mol. The van der Waals surface area contributed by atoms with Gasteiger partial charge in [-0.2, -0.15) is 0 Å². The monoisotopic (exact) mass is 232 g/mol. The van der Waals surface area contributed by atoms with E-state index in [-0.39, 0.29) is 11.7 Å². The predicted octanol–water partition coefficient (Wildman–Crippen LogP) is 3.08. The van der Waals surface area contributed by atoms with Crippen LogP contribution >= 0.6 is 23.2 Å². The van der Waals surface area contributed by atoms with E-state index in [0.717, 1.165) is 5.56 Å². The van der Waals surface area contributed by atoms with Crippen molar-refractivity contribution >= 4 is 29.0 Å². The highest BCUT2D eigenvalue weighted by atomic mass is 35.5. The number of alkyl halides is 1. The molecule has 0 unspecified atom stereocenters. The molecule has 4 heteroatoms. The van der Waals surface area contributed by atoms with Crippen molar-refractivity contribution in [2.24, 2.45) is 0 Å². The quantitative estimate of drug-likeness (QED) is 0.592. The molecular weight excluding hydrogens is 223 g/mol. The second kappa shape index (κ2) is 4.67. The lowest BCUT2D eigenvalue weighted by Crippen LogP contribution is -2.04. The molecule has 0 radical (unpaired) electrons. The van der Waals surface area contributed by atoms with Gasteiger partial charge in [0, 0.05) is 10.6 Å². The maximum Gasteiger partial charge on any atom is 0.178 e. The zero-order valence-corrected chi connectivity index (χ0v) is 9.45. The molecule has 0 saturated heterocycles. The summed E-state index contributed by atoms with van der Waals surface area (Å²) in [7, 11) is 1.52. The van der Waals surface area contributed by atoms with Gasteiger partial charge in [0.1, 0.15) is 5.75 Å². The molecule has 14 heavy (non-hydrogen) atoms. The number of carbonyl (C=O) groups is 1. The van der Waals surface area contributed by atoms with Crippen molar-refractivity contribution in [3.8, 4) is 5.75 Å². The van der Waals surface area contributed by atoms with E-state index < -0.39 is 0 Å². The molecule has 0 saturated carbocycles. The number of halogens is 2. The molecule has 76 valence electrons. The lowest BCUT2D eigenvalue weighted by Gasteiger charge is -2.08. The first-order valence-electron chi connectivity index (χ1n) is 4.03. The maximum atomic E-state index is 11.4. The van der Waals surface area contributed by atoms with Crippen molar-refractivity contribution in [1.29, 1.82) is 0 Å². The minimum absolute atomic E-state index is 0.0513. The van der Waals surface area contributed by atoms with Gasteiger partial charge in [-0.25, -0.2) is 0 Å². The fourth-order valence-electron chi connectivity index (χ4n) is 1.13. The lowest BCUT2D eigenvalue weighted by atomic mass is 10.1. The van der Waals surface area contributed by atoms with Gasteiger partial charge < -0.3 is 4.74 Å². The number of Topliss-reactive ketones (excluding diaryl/α,β-unsaturated/α-hetero) is 1. The summed E-state index contributed by atoms with van der Waals surface area (Å²) in [4.78, 5) is 11.4. The molecule has 0 aromatic heterocycles. The van der Waals surface area contributed by atoms with Gasteiger partial charge in [0.05, 0.1) is 13.0 Å². The van der Waals surface area contributed by atoms with Crippen LogP contribution in [0, 0.1) is 6.92 Å². The van der Waals surface area contributed by atoms with E-state index in [1.54, 1.807) is 19.1 Å². The van der Waals surface area contributed by atoms with Crippen molar-refractivity contribution in [3.05, 3.63) is 28.3 Å². The number of methoxy groups -OCH3 is 1. The standard InChI is InChI=1S/C10H10Cl2O2/c1-6-8(10(13)5-11)3-7(14-2)4-9(6)12/h3-4H,5H2,1-2H3. The van der Waals surface area contributed by atoms with Gasteiger partial charge in [-0.1, -0.05) is 11.6 Å². The second-order valence-electron chi connectivity index (χ2n) is 2.84. The molecular formula is C10H10Cl2O2. The third kappa shape index (κ3) is 2.20. The molecule has 0 aliphatic heterocycles. The van der Waals surface area contributed by atoms with Gasteiger partial charge in [-0.15, -0.1) is 11.6 Å². The molecule has 1 aromatic rings. The summed E-state index contributed by atoms with van der Waals surface area (Å²) in [5.41, 5.74) is 1.25. The number of hydrogen-bond donors (Lipinski definition) is 0. The van der Waals surface area contributed by atoms with Crippen molar-refractivity contribution < 1.29 is 9.53 Å². The first kappa shape index (κ1) is 11.3. The Bertz CT molecular complexity index is 361. The topological polar surface area (TPSA) is 26.3 Å². The van der Waals surface area contributed by atoms with E-state index >= 15 is 0 Å². The smallest absolute Gasteiger partial charge is 0.178 e. The van der Waals surface area contributed by atoms with Gasteiger partial charge >= 0.3 is 0 Å². The van der Waals surface area contributed by atoms with Gasteiger partial charge in [-0.05, 0) is 24.6 Å². The number of carbonyl (C=O) groups excluding carboxylic acids is 1. The molecule has 0 spiro atoms. The largest absolute Gasteiger partial charge is 0.497 e. The molecule has 0 aliphatic carbocycles. The number of ketones is 1. The van der Waals surface area contributed by atoms with Crippen LogP contribution in [0.1, 0.15) is 15.9 Å². The summed E-state index contributed by atoms with van der Waals surface area (Å²) in [5.74, 6) is 0.365. The fraction of sp³-hybridized carbons (Fsp3) is 0.300. The molecule has 0 bridgehead atoms. The molecule has 0 aliphatic rings. The number of benzene rings is 1. The van der Waals surface area contributed by atoms with Crippen molar-refractivity contribution in [3.63, 3.8) is 0 Å². The zero-order valence-electron chi connectivity index (χ0n) is 7.93. The Morgan fingerprint density at radius 1 is 1.50 bits per heavy atom. The highest BCUT2D eigenvalue weighted by Gasteiger charge is 2.12. The molecule has 0 heterocycles. The Hall–Kier alpha value is -0.730. The van der Waals surface area contributed by atoms with Crippen molar-refractivity contribution in [2.75, 3.05) is 13.0 Å². The Balaban J connectivity index is 3.27. The van der Waals surface area contributed by atoms with Crippen LogP contribution in [0.25, 0.3) is 0 Å². The lowest BCUT2D eigenvalue weighted by molar-refractivity contribution is 0.102. The highest BCUT2D eigenvalue weighted by molar-refractivity contribution is 6.33. The van der Waals surface area contributed by atoms with Crippen molar-refractivity contribution in [1.82, 2.24) is 0 Å². The van der Waals surface area contributed by atoms with Gasteiger partial charge in [0.2, 0.25) is 0 Å². The van der Waals surface area contributed by atoms with Crippen LogP contribution < -0.4 is 4.74 Å². The minimum atomic E-state index is -0.148. The van der Waals surface area contributed by atoms with Gasteiger partial charge in [0.15, 0.2) is 5.78 Å². The van der Waals surface area contributed by atoms with Crippen LogP contribution in [0.3, 0.4) is 0 Å². The van der Waals surface area contributed by atoms with Crippen LogP contribution in [0.5, 0.6) is 5.75 Å². The van der Waals surface area contributed by atoms with E-state index in [9.17, 15) is 4.79 Å². The molecule has 0 amide bonds. The van der Waals surface area contributed by atoms with E-state index in [0.29, 0.717) is 16.3 Å². The highest BCUT2D eigenvalue weighted by Crippen LogP contribution is 2.26. The Morgan fingerprint density at radius 3 is 2.64 bits per heavy atom. The molecule has 0 fully saturated rings. The Morgan fingerprint density at radius 2 is 2.14 bits per heavy atom. The van der Waals surface area contributed by atoms with Crippen LogP contribution in [0.2, 0.25) is 5.02 Å². The SMILES string of the molecule is COc1cc(Cl)c(C)c(C(=O)CCl)c1. The van der Waals surface area contributed by atoms with Crippen molar-refractivity contribution in [2.45, 2.75) is 6.92 Å². The summed E-state index contributed by atoms with van der Waals surface area (Å²) in [6.07, 6.45) is 0. The van der Waals surface area contributed by atoms with E-state index in [2.05, 4.69) is 0 Å². The first-order chi connectivity index (χ1) is 6.60. The normalized spacial score (nSPS) is 10.0. The van der Waals surface area contributed by atoms with Crippen LogP contribution in [0.15, 0.2) is 12.1 Å². The molecule has 1 rings (SSSR count). The van der Waals surface area contributed by atoms with Gasteiger partial charge in [-0.3, -0.25) is 4.79 Å². The zero-order chi connectivity index (χ0) is 10.7. The molecule has 2 nitrogen and oxygen atoms in total.